The number of anilines is 1. The Kier molecular flexibility index (Phi) is 7.49. The smallest absolute Gasteiger partial charge is 0.260 e. The van der Waals surface area contributed by atoms with Crippen molar-refractivity contribution in [2.24, 2.45) is 0 Å². The third kappa shape index (κ3) is 4.98. The number of para-hydroxylation sites is 1. The van der Waals surface area contributed by atoms with Gasteiger partial charge in [-0.1, -0.05) is 23.5 Å². The highest BCUT2D eigenvalue weighted by Gasteiger charge is 2.22. The molecule has 1 amide bonds. The van der Waals surface area contributed by atoms with Crippen LogP contribution in [0, 0.1) is 0 Å². The Balaban J connectivity index is 0.00000272. The molecule has 0 unspecified atom stereocenters. The van der Waals surface area contributed by atoms with Gasteiger partial charge in [0, 0.05) is 31.0 Å². The van der Waals surface area contributed by atoms with Gasteiger partial charge in [0.15, 0.2) is 16.6 Å². The molecule has 4 rings (SSSR count). The Morgan fingerprint density at radius 1 is 1.13 bits per heavy atom. The van der Waals surface area contributed by atoms with Gasteiger partial charge in [-0.2, -0.15) is 0 Å². The van der Waals surface area contributed by atoms with E-state index in [0.717, 1.165) is 23.2 Å². The quantitative estimate of drug-likeness (QED) is 0.384. The number of carbonyl (C=O) groups excluding carboxylic acids is 1. The van der Waals surface area contributed by atoms with Crippen molar-refractivity contribution in [2.75, 3.05) is 25.7 Å². The van der Waals surface area contributed by atoms with Crippen LogP contribution in [0.2, 0.25) is 0 Å². The van der Waals surface area contributed by atoms with Crippen molar-refractivity contribution in [2.45, 2.75) is 13.0 Å². The van der Waals surface area contributed by atoms with Crippen molar-refractivity contribution >= 4 is 45.0 Å². The van der Waals surface area contributed by atoms with Crippen LogP contribution in [0.1, 0.15) is 16.8 Å². The first kappa shape index (κ1) is 22.6. The molecule has 7 nitrogen and oxygen atoms in total. The first-order valence-electron chi connectivity index (χ1n) is 9.55. The number of nitrogens with zero attached hydrogens (tertiary/aromatic N) is 4. The van der Waals surface area contributed by atoms with Crippen molar-refractivity contribution in [1.82, 2.24) is 14.5 Å². The maximum Gasteiger partial charge on any atom is 0.260 e. The van der Waals surface area contributed by atoms with Gasteiger partial charge >= 0.3 is 0 Å². The van der Waals surface area contributed by atoms with Crippen LogP contribution >= 0.6 is 23.7 Å². The SMILES string of the molecule is COc1ccc(C(=O)N(CCCn2ccnc2)c2nc3ccccc3s2)cc1OC.Cl. The molecule has 0 N–H and O–H groups in total. The van der Waals surface area contributed by atoms with E-state index in [-0.39, 0.29) is 18.3 Å². The maximum atomic E-state index is 13.5. The number of carbonyl (C=O) groups is 1. The fourth-order valence-electron chi connectivity index (χ4n) is 3.22. The number of benzene rings is 2. The molecule has 9 heteroatoms. The van der Waals surface area contributed by atoms with Gasteiger partial charge in [-0.15, -0.1) is 12.4 Å². The van der Waals surface area contributed by atoms with E-state index >= 15 is 0 Å². The number of aryl methyl sites for hydroxylation is 1. The van der Waals surface area contributed by atoms with Crippen LogP contribution < -0.4 is 14.4 Å². The zero-order valence-electron chi connectivity index (χ0n) is 17.2. The van der Waals surface area contributed by atoms with Gasteiger partial charge in [-0.05, 0) is 36.8 Å². The van der Waals surface area contributed by atoms with Gasteiger partial charge in [0.05, 0.1) is 30.8 Å². The summed E-state index contributed by atoms with van der Waals surface area (Å²) in [5.74, 6) is 0.979. The Morgan fingerprint density at radius 3 is 2.65 bits per heavy atom. The van der Waals surface area contributed by atoms with Gasteiger partial charge in [0.2, 0.25) is 0 Å². The third-order valence-corrected chi connectivity index (χ3v) is 5.81. The van der Waals surface area contributed by atoms with E-state index in [0.29, 0.717) is 28.7 Å². The molecule has 0 aliphatic carbocycles. The summed E-state index contributed by atoms with van der Waals surface area (Å²) >= 11 is 1.51. The zero-order chi connectivity index (χ0) is 20.9. The van der Waals surface area contributed by atoms with Crippen LogP contribution in [-0.2, 0) is 6.54 Å². The number of rotatable bonds is 8. The fourth-order valence-corrected chi connectivity index (χ4v) is 4.20. The second-order valence-corrected chi connectivity index (χ2v) is 7.65. The van der Waals surface area contributed by atoms with Gasteiger partial charge in [0.1, 0.15) is 0 Å². The van der Waals surface area contributed by atoms with Crippen LogP contribution in [0.4, 0.5) is 5.13 Å². The molecular formula is C22H23ClN4O3S. The lowest BCUT2D eigenvalue weighted by atomic mass is 10.1. The van der Waals surface area contributed by atoms with Crippen LogP contribution in [0.3, 0.4) is 0 Å². The van der Waals surface area contributed by atoms with Crippen LogP contribution in [0.15, 0.2) is 61.2 Å². The molecule has 31 heavy (non-hydrogen) atoms. The van der Waals surface area contributed by atoms with Gasteiger partial charge in [-0.3, -0.25) is 9.69 Å². The predicted octanol–water partition coefficient (Wildman–Crippen LogP) is 4.67. The Hall–Kier alpha value is -3.10. The summed E-state index contributed by atoms with van der Waals surface area (Å²) in [6.07, 6.45) is 6.21. The number of amides is 1. The van der Waals surface area contributed by atoms with E-state index < -0.39 is 0 Å². The van der Waals surface area contributed by atoms with E-state index in [1.54, 1.807) is 49.8 Å². The Morgan fingerprint density at radius 2 is 1.94 bits per heavy atom. The largest absolute Gasteiger partial charge is 0.493 e. The molecule has 0 fully saturated rings. The summed E-state index contributed by atoms with van der Waals surface area (Å²) in [5.41, 5.74) is 1.41. The van der Waals surface area contributed by atoms with Gasteiger partial charge in [-0.25, -0.2) is 9.97 Å². The van der Waals surface area contributed by atoms with Crippen LogP contribution in [0.5, 0.6) is 11.5 Å². The van der Waals surface area contributed by atoms with Gasteiger partial charge in [0.25, 0.3) is 5.91 Å². The lowest BCUT2D eigenvalue weighted by molar-refractivity contribution is 0.0986. The van der Waals surface area contributed by atoms with Crippen molar-refractivity contribution in [1.29, 1.82) is 0 Å². The first-order chi connectivity index (χ1) is 14.7. The topological polar surface area (TPSA) is 69.5 Å². The summed E-state index contributed by atoms with van der Waals surface area (Å²) in [6.45, 7) is 1.30. The summed E-state index contributed by atoms with van der Waals surface area (Å²) in [4.78, 5) is 24.0. The number of hydrogen-bond acceptors (Lipinski definition) is 6. The molecule has 0 atom stereocenters. The van der Waals surface area contributed by atoms with E-state index in [4.69, 9.17) is 14.5 Å². The molecule has 0 spiro atoms. The van der Waals surface area contributed by atoms with Crippen molar-refractivity contribution in [3.05, 3.63) is 66.7 Å². The standard InChI is InChI=1S/C22H22N4O3S.ClH/c1-28-18-9-8-16(14-19(18)29-2)21(27)26(12-5-11-25-13-10-23-15-25)22-24-17-6-3-4-7-20(17)30-22;/h3-4,6-10,13-15H,5,11-12H2,1-2H3;1H. The Bertz CT molecular complexity index is 1110. The highest BCUT2D eigenvalue weighted by atomic mass is 35.5. The second kappa shape index (κ2) is 10.3. The summed E-state index contributed by atoms with van der Waals surface area (Å²) < 4.78 is 13.7. The monoisotopic (exact) mass is 458 g/mol. The molecule has 2 aromatic carbocycles. The number of thiazole rings is 1. The van der Waals surface area contributed by atoms with E-state index in [2.05, 4.69) is 4.98 Å². The molecule has 0 saturated heterocycles. The van der Waals surface area contributed by atoms with Gasteiger partial charge < -0.3 is 14.0 Å². The summed E-state index contributed by atoms with van der Waals surface area (Å²) in [7, 11) is 3.13. The number of fused-ring (bicyclic) bond motifs is 1. The molecule has 0 aliphatic heterocycles. The molecule has 4 aromatic rings. The number of methoxy groups -OCH3 is 2. The Labute approximate surface area is 190 Å². The minimum Gasteiger partial charge on any atom is -0.493 e. The fraction of sp³-hybridized carbons (Fsp3) is 0.227. The minimum atomic E-state index is -0.124. The number of ether oxygens (including phenoxy) is 2. The first-order valence-corrected chi connectivity index (χ1v) is 10.4. The van der Waals surface area contributed by atoms with Crippen LogP contribution in [0.25, 0.3) is 10.2 Å². The minimum absolute atomic E-state index is 0. The molecule has 0 radical (unpaired) electrons. The average Bonchev–Trinajstić information content (AvgIpc) is 3.45. The number of aromatic nitrogens is 3. The molecule has 2 heterocycles. The molecule has 162 valence electrons. The molecule has 0 aliphatic rings. The predicted molar refractivity (Wildman–Crippen MR) is 125 cm³/mol. The number of hydrogen-bond donors (Lipinski definition) is 0. The van der Waals surface area contributed by atoms with Crippen molar-refractivity contribution in [3.8, 4) is 11.5 Å². The second-order valence-electron chi connectivity index (χ2n) is 6.64. The number of imidazole rings is 1. The summed E-state index contributed by atoms with van der Waals surface area (Å²) in [5, 5.41) is 0.682. The lowest BCUT2D eigenvalue weighted by Gasteiger charge is -2.20. The van der Waals surface area contributed by atoms with E-state index in [9.17, 15) is 4.79 Å². The van der Waals surface area contributed by atoms with Crippen molar-refractivity contribution in [3.63, 3.8) is 0 Å². The molecular weight excluding hydrogens is 436 g/mol. The summed E-state index contributed by atoms with van der Waals surface area (Å²) in [6, 6.07) is 13.1. The molecule has 2 aromatic heterocycles. The van der Waals surface area contributed by atoms with Crippen molar-refractivity contribution < 1.29 is 14.3 Å². The number of halogens is 1. The normalized spacial score (nSPS) is 10.5. The average molecular weight is 459 g/mol. The molecule has 0 bridgehead atoms. The lowest BCUT2D eigenvalue weighted by Crippen LogP contribution is -2.32. The highest BCUT2D eigenvalue weighted by Crippen LogP contribution is 2.32. The highest BCUT2D eigenvalue weighted by molar-refractivity contribution is 7.22. The maximum absolute atomic E-state index is 13.5. The van der Waals surface area contributed by atoms with E-state index in [1.165, 1.54) is 11.3 Å². The third-order valence-electron chi connectivity index (χ3n) is 4.75. The molecule has 0 saturated carbocycles. The zero-order valence-corrected chi connectivity index (χ0v) is 18.9. The van der Waals surface area contributed by atoms with E-state index in [1.807, 2.05) is 35.0 Å². The van der Waals surface area contributed by atoms with Crippen LogP contribution in [-0.4, -0.2) is 41.2 Å².